The first-order chi connectivity index (χ1) is 63.9. The summed E-state index contributed by atoms with van der Waals surface area (Å²) in [6.45, 7) is 72.2. The van der Waals surface area contributed by atoms with E-state index in [4.69, 9.17) is 0 Å². The Hall–Kier alpha value is -15.2. The number of aromatic amines is 5. The molecule has 0 aliphatic heterocycles. The number of H-pyrrole nitrogens is 5. The SMILES string of the molecule is Cc1cc2c(O)c(C)nc(C)c2nc1C.Cc1nc(C)c2[nH]c(C)c(C)c(=O)c2c1C.Cc1nc(C)c2[nH]c(C)c(C)c(=O)c2n1.Cc1nc(C)c2c(C)c(C)c(C)c(C)c2c1O.Cc1nc2c(=O)c(C)c(C)[nH]c2c(C)c1C.Cc1nnc2[nH]c(C)c(C)c(=O)c2c1C.Cc1nnc2[nH]c(C)c(C)c(=O)c2n1.Cc1nnc2c(C)nc(C)c(O)c2c1C.Cc1nnc2c(C)nc(C)c(O)c2n1. The van der Waals surface area contributed by atoms with Crippen LogP contribution in [0.4, 0.5) is 0 Å². The number of fused-ring (bicyclic) bond motifs is 9. The summed E-state index contributed by atoms with van der Waals surface area (Å²) in [5.74, 6) is 2.55. The Morgan fingerprint density at radius 3 is 1.12 bits per heavy atom. The van der Waals surface area contributed by atoms with Crippen molar-refractivity contribution in [1.82, 2.24) is 121 Å². The maximum Gasteiger partial charge on any atom is 0.212 e. The van der Waals surface area contributed by atoms with Crippen LogP contribution in [0.2, 0.25) is 0 Å². The lowest BCUT2D eigenvalue weighted by molar-refractivity contribution is 0.472. The largest absolute Gasteiger partial charge is 0.505 e. The number of aromatic hydroxyl groups is 4. The van der Waals surface area contributed by atoms with Gasteiger partial charge in [0.1, 0.15) is 62.3 Å². The highest BCUT2D eigenvalue weighted by Gasteiger charge is 2.22. The van der Waals surface area contributed by atoms with Crippen LogP contribution in [0.1, 0.15) is 215 Å². The summed E-state index contributed by atoms with van der Waals surface area (Å²) in [5.41, 5.74) is 38.9. The van der Waals surface area contributed by atoms with Crippen molar-refractivity contribution >= 4 is 98.8 Å². The van der Waals surface area contributed by atoms with Crippen LogP contribution in [-0.4, -0.2) is 141 Å². The topological polar surface area (TPSA) is 490 Å². The lowest BCUT2D eigenvalue weighted by Gasteiger charge is -2.17. The van der Waals surface area contributed by atoms with Gasteiger partial charge in [0.2, 0.25) is 16.3 Å². The van der Waals surface area contributed by atoms with Gasteiger partial charge in [-0.05, 0) is 325 Å². The van der Waals surface area contributed by atoms with Crippen molar-refractivity contribution in [3.63, 3.8) is 0 Å². The fourth-order valence-electron chi connectivity index (χ4n) is 15.8. The van der Waals surface area contributed by atoms with Gasteiger partial charge < -0.3 is 45.3 Å². The van der Waals surface area contributed by atoms with Crippen molar-refractivity contribution in [3.05, 3.63) is 272 Å². The minimum atomic E-state index is -0.0748. The van der Waals surface area contributed by atoms with Crippen molar-refractivity contribution < 1.29 is 20.4 Å². The first kappa shape index (κ1) is 104. The maximum absolute atomic E-state index is 12.2. The lowest BCUT2D eigenvalue weighted by atomic mass is 9.90. The van der Waals surface area contributed by atoms with Gasteiger partial charge in [0.15, 0.2) is 33.4 Å². The van der Waals surface area contributed by atoms with Gasteiger partial charge in [0, 0.05) is 95.2 Å². The van der Waals surface area contributed by atoms with Crippen molar-refractivity contribution in [2.75, 3.05) is 0 Å². The van der Waals surface area contributed by atoms with E-state index in [9.17, 15) is 44.4 Å². The van der Waals surface area contributed by atoms with Crippen molar-refractivity contribution in [1.29, 1.82) is 0 Å². The molecule has 1 aromatic carbocycles. The Labute approximate surface area is 793 Å². The van der Waals surface area contributed by atoms with Crippen LogP contribution in [0, 0.1) is 263 Å². The smallest absolute Gasteiger partial charge is 0.212 e. The molecule has 18 rings (SSSR count). The number of nitrogens with one attached hydrogen (secondary N) is 5. The summed E-state index contributed by atoms with van der Waals surface area (Å²) < 4.78 is 0. The first-order valence-electron chi connectivity index (χ1n) is 44.8. The molecule has 0 saturated heterocycles. The Kier molecular flexibility index (Phi) is 31.4. The predicted molar refractivity (Wildman–Crippen MR) is 543 cm³/mol. The minimum absolute atomic E-state index is 0.00477. The highest BCUT2D eigenvalue weighted by molar-refractivity contribution is 5.97. The van der Waals surface area contributed by atoms with E-state index in [1.807, 2.05) is 186 Å². The maximum atomic E-state index is 12.2. The van der Waals surface area contributed by atoms with Gasteiger partial charge in [-0.2, -0.15) is 10.2 Å². The molecule has 18 aromatic rings. The van der Waals surface area contributed by atoms with Gasteiger partial charge in [-0.25, -0.2) is 24.9 Å². The van der Waals surface area contributed by atoms with E-state index in [-0.39, 0.29) is 44.4 Å². The predicted octanol–water partition coefficient (Wildman–Crippen LogP) is 18.0. The second-order valence-corrected chi connectivity index (χ2v) is 35.4. The van der Waals surface area contributed by atoms with Crippen LogP contribution >= 0.6 is 0 Å². The van der Waals surface area contributed by atoms with Crippen LogP contribution in [0.15, 0.2) is 30.0 Å². The molecule has 17 aromatic heterocycles. The Morgan fingerprint density at radius 2 is 0.555 bits per heavy atom. The van der Waals surface area contributed by atoms with Crippen LogP contribution in [0.25, 0.3) is 98.8 Å². The van der Waals surface area contributed by atoms with Gasteiger partial charge in [0.25, 0.3) is 0 Å². The molecule has 714 valence electrons. The molecule has 33 heteroatoms. The van der Waals surface area contributed by atoms with E-state index in [1.165, 1.54) is 16.7 Å². The zero-order chi connectivity index (χ0) is 102. The van der Waals surface area contributed by atoms with Crippen molar-refractivity contribution in [3.8, 4) is 23.0 Å². The van der Waals surface area contributed by atoms with Gasteiger partial charge >= 0.3 is 0 Å². The summed E-state index contributed by atoms with van der Waals surface area (Å²) in [5, 5.41) is 76.4. The van der Waals surface area contributed by atoms with Crippen LogP contribution in [-0.2, 0) is 0 Å². The van der Waals surface area contributed by atoms with Gasteiger partial charge in [-0.1, -0.05) is 0 Å². The Balaban J connectivity index is 0.000000159. The quantitative estimate of drug-likeness (QED) is 0.0681. The molecule has 0 unspecified atom stereocenters. The summed E-state index contributed by atoms with van der Waals surface area (Å²) in [6, 6.07) is 1.97. The number of aryl methyl sites for hydroxylation is 30. The van der Waals surface area contributed by atoms with Gasteiger partial charge in [-0.15, -0.1) is 30.6 Å². The first-order valence-corrected chi connectivity index (χ1v) is 44.8. The third-order valence-corrected chi connectivity index (χ3v) is 25.9. The second kappa shape index (κ2) is 41.3. The van der Waals surface area contributed by atoms with E-state index in [2.05, 4.69) is 148 Å². The molecule has 0 radical (unpaired) electrons. The highest BCUT2D eigenvalue weighted by atomic mass is 16.3. The molecular weight excluding hydrogens is 1730 g/mol. The molecular formula is C104H124N24O9. The third-order valence-electron chi connectivity index (χ3n) is 25.9. The molecule has 9 N–H and O–H groups in total. The number of nitrogens with zero attached hydrogens (tertiary/aromatic N) is 19. The van der Waals surface area contributed by atoms with Gasteiger partial charge in [0.05, 0.1) is 101 Å². The number of hydrogen-bond acceptors (Lipinski definition) is 28. The van der Waals surface area contributed by atoms with E-state index in [0.29, 0.717) is 101 Å². The molecule has 0 saturated carbocycles. The van der Waals surface area contributed by atoms with Crippen LogP contribution < -0.4 is 27.1 Å². The monoisotopic (exact) mass is 1850 g/mol. The summed E-state index contributed by atoms with van der Waals surface area (Å²) in [4.78, 5) is 123. The summed E-state index contributed by atoms with van der Waals surface area (Å²) in [6.07, 6.45) is 0. The van der Waals surface area contributed by atoms with Crippen molar-refractivity contribution in [2.24, 2.45) is 0 Å². The second-order valence-electron chi connectivity index (χ2n) is 35.4. The van der Waals surface area contributed by atoms with E-state index >= 15 is 0 Å². The average Bonchev–Trinajstić information content (AvgIpc) is 0.748. The number of hydrogen-bond donors (Lipinski definition) is 9. The molecule has 33 nitrogen and oxygen atoms in total. The number of rotatable bonds is 0. The lowest BCUT2D eigenvalue weighted by Crippen LogP contribution is -2.13. The number of benzene rings is 1. The zero-order valence-electron chi connectivity index (χ0n) is 85.9. The average molecular weight is 1850 g/mol. The molecule has 0 amide bonds. The van der Waals surface area contributed by atoms with E-state index in [0.717, 1.165) is 201 Å². The molecule has 0 aliphatic rings. The third kappa shape index (κ3) is 21.0. The van der Waals surface area contributed by atoms with E-state index in [1.54, 1.807) is 55.4 Å². The van der Waals surface area contributed by atoms with Gasteiger partial charge in [-0.3, -0.25) is 53.9 Å². The van der Waals surface area contributed by atoms with Crippen LogP contribution in [0.3, 0.4) is 0 Å². The normalized spacial score (nSPS) is 11.0. The fourth-order valence-corrected chi connectivity index (χ4v) is 15.8. The minimum Gasteiger partial charge on any atom is -0.505 e. The fraction of sp³-hybridized carbons (Fsp3) is 0.365. The highest BCUT2D eigenvalue weighted by Crippen LogP contribution is 2.38. The molecule has 0 aliphatic carbocycles. The molecule has 0 fully saturated rings. The molecule has 0 spiro atoms. The number of pyridine rings is 12. The van der Waals surface area contributed by atoms with E-state index < -0.39 is 0 Å². The standard InChI is InChI=1S/C15H19NO.2C13H16N2O.C12H14N2O.3C11H13N3O.2C9H10N4O/c1-7-8(2)10(4)14-13(9(7)3)11(5)16-12(6)15(14)17;1-6-8(3)14-10(5)12-11(6)13(16)7(2)9(4)15-12;1-6-7(2)11-12(15-9(6)4)13(16)8(3)10(5)14-11;1-6-5-10-11(14-7(6)2)8(3)13-9(4)12(10)15;1-5-8(4)13-14-11-9(5)10(15)6(2)7(3)12-11;1-5-6(2)13-9-7(3)12-8(4)14-10(9)11(5)15;1-5-6(2)13-14-10-7(3)12-8(4)11(15)9(5)10;1-4-7-8(9(14)5(2)10-4)11-6(3)12-13-7;1-4-5(2)10-9-7(8(4)14)11-6(3)12-13-9/h17H,1-6H3;1-5H3,(H,15,16);1-5H3,(H,14,16);5,15H,1-4H3;1-4H3,(H,12,14,15);1-4H3,(H,13,15);15H,1-4H3;14H,1-3H3;1-3H3,(H,10,13,14). The molecule has 17 heterocycles. The van der Waals surface area contributed by atoms with Crippen LogP contribution in [0.5, 0.6) is 23.0 Å². The summed E-state index contributed by atoms with van der Waals surface area (Å²) in [7, 11) is 0. The number of aromatic nitrogens is 24. The summed E-state index contributed by atoms with van der Waals surface area (Å²) >= 11 is 0. The molecule has 137 heavy (non-hydrogen) atoms. The van der Waals surface area contributed by atoms with Crippen molar-refractivity contribution in [2.45, 2.75) is 263 Å². The molecule has 0 bridgehead atoms. The zero-order valence-corrected chi connectivity index (χ0v) is 85.9. The Morgan fingerprint density at radius 1 is 0.190 bits per heavy atom. The Bertz CT molecular complexity index is 8290. The molecule has 0 atom stereocenters.